The van der Waals surface area contributed by atoms with E-state index in [1.165, 1.54) is 55.9 Å². The van der Waals surface area contributed by atoms with Gasteiger partial charge in [-0.05, 0) is 67.1 Å². The number of hydrogen-bond donors (Lipinski definition) is 3. The van der Waals surface area contributed by atoms with E-state index in [2.05, 4.69) is 25.1 Å². The van der Waals surface area contributed by atoms with Crippen molar-refractivity contribution in [2.75, 3.05) is 45.3 Å². The van der Waals surface area contributed by atoms with Crippen LogP contribution in [-0.4, -0.2) is 72.0 Å². The van der Waals surface area contributed by atoms with E-state index in [1.54, 1.807) is 6.92 Å². The van der Waals surface area contributed by atoms with Gasteiger partial charge in [0.1, 0.15) is 18.4 Å². The maximum Gasteiger partial charge on any atom is 0.387 e. The molecular weight excluding hydrogens is 725 g/mol. The second-order valence-corrected chi connectivity index (χ2v) is 13.5. The van der Waals surface area contributed by atoms with Crippen LogP contribution in [0.25, 0.3) is 0 Å². The molecule has 1 aliphatic rings. The van der Waals surface area contributed by atoms with Crippen molar-refractivity contribution in [3.8, 4) is 17.2 Å². The third-order valence-corrected chi connectivity index (χ3v) is 9.20. The summed E-state index contributed by atoms with van der Waals surface area (Å²) in [4.78, 5) is 29.2. The molecular formula is C32H36Cl2F2N4O9S. The quantitative estimate of drug-likeness (QED) is 0.101. The molecule has 1 atom stereocenters. The summed E-state index contributed by atoms with van der Waals surface area (Å²) >= 11 is 12.7. The van der Waals surface area contributed by atoms with E-state index >= 15 is 0 Å². The minimum absolute atomic E-state index is 0.00988. The van der Waals surface area contributed by atoms with E-state index in [-0.39, 0.29) is 76.6 Å². The second-order valence-electron chi connectivity index (χ2n) is 10.9. The van der Waals surface area contributed by atoms with Crippen molar-refractivity contribution in [3.63, 3.8) is 0 Å². The number of ether oxygens (including phenoxy) is 5. The molecule has 0 radical (unpaired) electrons. The molecule has 1 fully saturated rings. The molecule has 18 heteroatoms. The highest BCUT2D eigenvalue weighted by Gasteiger charge is 2.27. The van der Waals surface area contributed by atoms with Crippen LogP contribution < -0.4 is 29.6 Å². The van der Waals surface area contributed by atoms with Crippen LogP contribution in [-0.2, 0) is 30.7 Å². The first-order valence-corrected chi connectivity index (χ1v) is 17.6. The Morgan fingerprint density at radius 1 is 1.02 bits per heavy atom. The van der Waals surface area contributed by atoms with Gasteiger partial charge in [-0.3, -0.25) is 9.78 Å². The fraction of sp³-hybridized carbons (Fsp3) is 0.406. The van der Waals surface area contributed by atoms with Crippen LogP contribution in [0, 0.1) is 5.92 Å². The molecule has 0 unspecified atom stereocenters. The summed E-state index contributed by atoms with van der Waals surface area (Å²) in [5, 5.41) is 5.45. The van der Waals surface area contributed by atoms with Crippen LogP contribution in [0.15, 0.2) is 53.7 Å². The molecule has 1 saturated carbocycles. The Hall–Kier alpha value is -3.96. The van der Waals surface area contributed by atoms with E-state index in [1.807, 2.05) is 0 Å². The third-order valence-electron chi connectivity index (χ3n) is 7.15. The maximum atomic E-state index is 13.3. The van der Waals surface area contributed by atoms with Crippen LogP contribution in [0.3, 0.4) is 0 Å². The highest BCUT2D eigenvalue weighted by molar-refractivity contribution is 7.89. The Morgan fingerprint density at radius 3 is 2.40 bits per heavy atom. The lowest BCUT2D eigenvalue weighted by Gasteiger charge is -2.22. The number of esters is 1. The topological polar surface area (TPSA) is 163 Å². The van der Waals surface area contributed by atoms with E-state index in [9.17, 15) is 26.8 Å². The van der Waals surface area contributed by atoms with Crippen LogP contribution in [0.2, 0.25) is 10.0 Å². The number of nitrogens with one attached hydrogen (secondary N) is 3. The number of alkyl halides is 2. The van der Waals surface area contributed by atoms with Crippen molar-refractivity contribution < 1.29 is 50.5 Å². The first-order chi connectivity index (χ1) is 23.9. The molecule has 1 aliphatic carbocycles. The Labute approximate surface area is 297 Å². The number of amides is 2. The average molecular weight is 762 g/mol. The molecule has 2 aromatic carbocycles. The van der Waals surface area contributed by atoms with E-state index in [0.717, 1.165) is 12.8 Å². The van der Waals surface area contributed by atoms with Crippen LogP contribution >= 0.6 is 23.2 Å². The highest BCUT2D eigenvalue weighted by atomic mass is 35.5. The molecule has 3 N–H and O–H groups in total. The van der Waals surface area contributed by atoms with E-state index in [0.29, 0.717) is 11.1 Å². The summed E-state index contributed by atoms with van der Waals surface area (Å²) in [6, 6.07) is 7.25. The van der Waals surface area contributed by atoms with Gasteiger partial charge in [0.05, 0.1) is 40.4 Å². The summed E-state index contributed by atoms with van der Waals surface area (Å²) in [5.41, 5.74) is 0.747. The maximum absolute atomic E-state index is 13.3. The number of nitrogens with zero attached hydrogens (tertiary/aromatic N) is 1. The van der Waals surface area contributed by atoms with Crippen LogP contribution in [0.1, 0.15) is 37.0 Å². The third kappa shape index (κ3) is 11.6. The Balaban J connectivity index is 1.54. The molecule has 272 valence electrons. The standard InChI is InChI=1S/C32H36Cl2F2N4O9S/c1-3-46-26-9-7-21(13-25(26)40-32(42)38-10-11-45-2)50(43,44)39-17-30(41)48-28(14-22-23(33)15-37-16-24(22)34)20-6-8-27(49-31(35)36)29(12-20)47-18-19-4-5-19/h6-9,12-13,15-16,19,28,31,39H,3-5,10-11,14,17-18H2,1-2H3,(H2,38,40,42)/t28-/m0/s1. The van der Waals surface area contributed by atoms with Crippen molar-refractivity contribution in [2.24, 2.45) is 5.92 Å². The number of anilines is 1. The van der Waals surface area contributed by atoms with Crippen molar-refractivity contribution in [1.82, 2.24) is 15.0 Å². The van der Waals surface area contributed by atoms with Crippen molar-refractivity contribution >= 4 is 50.9 Å². The van der Waals surface area contributed by atoms with Gasteiger partial charge in [-0.2, -0.15) is 13.5 Å². The number of halogens is 4. The van der Waals surface area contributed by atoms with Gasteiger partial charge >= 0.3 is 18.6 Å². The Morgan fingerprint density at radius 2 is 1.74 bits per heavy atom. The van der Waals surface area contributed by atoms with Crippen LogP contribution in [0.4, 0.5) is 19.3 Å². The largest absolute Gasteiger partial charge is 0.492 e. The summed E-state index contributed by atoms with van der Waals surface area (Å²) in [5.74, 6) is -0.687. The zero-order chi connectivity index (χ0) is 36.3. The summed E-state index contributed by atoms with van der Waals surface area (Å²) in [6.45, 7) is -1.21. The van der Waals surface area contributed by atoms with Gasteiger partial charge in [-0.15, -0.1) is 0 Å². The molecule has 3 aromatic rings. The monoisotopic (exact) mass is 760 g/mol. The van der Waals surface area contributed by atoms with Gasteiger partial charge in [-0.1, -0.05) is 29.3 Å². The number of carbonyl (C=O) groups is 2. The van der Waals surface area contributed by atoms with E-state index < -0.39 is 41.3 Å². The number of sulfonamides is 1. The zero-order valence-electron chi connectivity index (χ0n) is 27.0. The van der Waals surface area contributed by atoms with Crippen molar-refractivity contribution in [1.29, 1.82) is 0 Å². The van der Waals surface area contributed by atoms with Gasteiger partial charge in [0.2, 0.25) is 10.0 Å². The zero-order valence-corrected chi connectivity index (χ0v) is 29.4. The van der Waals surface area contributed by atoms with Crippen molar-refractivity contribution in [2.45, 2.75) is 43.8 Å². The number of urea groups is 1. The second kappa shape index (κ2) is 18.3. The van der Waals surface area contributed by atoms with Gasteiger partial charge in [0, 0.05) is 32.5 Å². The molecule has 1 aromatic heterocycles. The minimum Gasteiger partial charge on any atom is -0.492 e. The number of methoxy groups -OCH3 is 1. The average Bonchev–Trinajstić information content (AvgIpc) is 3.90. The number of pyridine rings is 1. The molecule has 0 saturated heterocycles. The minimum atomic E-state index is -4.33. The molecule has 0 bridgehead atoms. The Bertz CT molecular complexity index is 1730. The molecule has 0 spiro atoms. The predicted molar refractivity (Wildman–Crippen MR) is 180 cm³/mol. The smallest absolute Gasteiger partial charge is 0.387 e. The number of rotatable bonds is 19. The summed E-state index contributed by atoms with van der Waals surface area (Å²) in [6.07, 6.45) is 3.37. The molecule has 13 nitrogen and oxygen atoms in total. The van der Waals surface area contributed by atoms with Crippen molar-refractivity contribution in [3.05, 3.63) is 70.0 Å². The molecule has 1 heterocycles. The number of hydrogen-bond acceptors (Lipinski definition) is 10. The molecule has 50 heavy (non-hydrogen) atoms. The summed E-state index contributed by atoms with van der Waals surface area (Å²) in [7, 11) is -2.85. The molecule has 0 aliphatic heterocycles. The number of benzene rings is 2. The van der Waals surface area contributed by atoms with Gasteiger partial charge < -0.3 is 34.3 Å². The molecule has 4 rings (SSSR count). The first-order valence-electron chi connectivity index (χ1n) is 15.4. The van der Waals surface area contributed by atoms with Gasteiger partial charge in [0.25, 0.3) is 0 Å². The normalized spacial score (nSPS) is 13.4. The highest BCUT2D eigenvalue weighted by Crippen LogP contribution is 2.38. The molecule has 2 amide bonds. The summed E-state index contributed by atoms with van der Waals surface area (Å²) < 4.78 is 81.5. The number of carbonyl (C=O) groups excluding carboxylic acids is 2. The lowest BCUT2D eigenvalue weighted by Crippen LogP contribution is -2.32. The predicted octanol–water partition coefficient (Wildman–Crippen LogP) is 5.75. The van der Waals surface area contributed by atoms with Crippen LogP contribution in [0.5, 0.6) is 17.2 Å². The van der Waals surface area contributed by atoms with E-state index in [4.69, 9.17) is 42.1 Å². The SMILES string of the molecule is CCOc1ccc(S(=O)(=O)NCC(=O)O[C@@H](Cc2c(Cl)cncc2Cl)c2ccc(OC(F)F)c(OCC3CC3)c2)cc1NC(=O)NCCOC. The Kier molecular flexibility index (Phi) is 14.2. The van der Waals surface area contributed by atoms with Gasteiger partial charge in [0.15, 0.2) is 11.5 Å². The fourth-order valence-corrected chi connectivity index (χ4v) is 6.01. The lowest BCUT2D eigenvalue weighted by atomic mass is 10.0. The first kappa shape index (κ1) is 38.8. The van der Waals surface area contributed by atoms with Gasteiger partial charge in [-0.25, -0.2) is 13.2 Å². The lowest BCUT2D eigenvalue weighted by molar-refractivity contribution is -0.148. The fourth-order valence-electron chi connectivity index (χ4n) is 4.50. The number of aromatic nitrogens is 1.